The van der Waals surface area contributed by atoms with Crippen molar-refractivity contribution in [2.24, 2.45) is 0 Å². The first kappa shape index (κ1) is 13.8. The van der Waals surface area contributed by atoms with Crippen LogP contribution in [0, 0.1) is 0 Å². The molecule has 3 rings (SSSR count). The Bertz CT molecular complexity index is 738. The van der Waals surface area contributed by atoms with E-state index in [1.54, 1.807) is 4.90 Å². The van der Waals surface area contributed by atoms with E-state index in [9.17, 15) is 4.79 Å². The molecule has 0 atom stereocenters. The second-order valence-corrected chi connectivity index (χ2v) is 5.64. The predicted molar refractivity (Wildman–Crippen MR) is 86.7 cm³/mol. The van der Waals surface area contributed by atoms with Crippen molar-refractivity contribution >= 4 is 28.1 Å². The van der Waals surface area contributed by atoms with Gasteiger partial charge < -0.3 is 9.88 Å². The fourth-order valence-electron chi connectivity index (χ4n) is 2.36. The van der Waals surface area contributed by atoms with Gasteiger partial charge in [0.05, 0.1) is 5.69 Å². The standard InChI is InChI=1S/C16H17N3OS/c1-3-19(4-2)16(20)14-10-21-15(18-14)13-9-11-7-5-6-8-12(11)17-13/h5-10,17H,3-4H2,1-2H3. The monoisotopic (exact) mass is 299 g/mol. The lowest BCUT2D eigenvalue weighted by molar-refractivity contribution is 0.0768. The van der Waals surface area contributed by atoms with Crippen molar-refractivity contribution in [3.8, 4) is 10.7 Å². The molecule has 2 aromatic heterocycles. The summed E-state index contributed by atoms with van der Waals surface area (Å²) in [7, 11) is 0. The number of para-hydroxylation sites is 1. The molecule has 0 radical (unpaired) electrons. The Balaban J connectivity index is 1.92. The number of aromatic nitrogens is 2. The Morgan fingerprint density at radius 2 is 2.05 bits per heavy atom. The number of carbonyl (C=O) groups excluding carboxylic acids is 1. The first-order valence-electron chi connectivity index (χ1n) is 7.05. The van der Waals surface area contributed by atoms with Gasteiger partial charge in [-0.3, -0.25) is 4.79 Å². The van der Waals surface area contributed by atoms with Crippen LogP contribution >= 0.6 is 11.3 Å². The zero-order valence-electron chi connectivity index (χ0n) is 12.1. The fraction of sp³-hybridized carbons (Fsp3) is 0.250. The normalized spacial score (nSPS) is 11.0. The molecule has 3 aromatic rings. The van der Waals surface area contributed by atoms with Crippen LogP contribution in [-0.2, 0) is 0 Å². The van der Waals surface area contributed by atoms with Gasteiger partial charge in [-0.05, 0) is 26.0 Å². The van der Waals surface area contributed by atoms with E-state index in [2.05, 4.69) is 22.1 Å². The molecule has 0 fully saturated rings. The Hall–Kier alpha value is -2.14. The maximum atomic E-state index is 12.3. The lowest BCUT2D eigenvalue weighted by Crippen LogP contribution is -2.30. The van der Waals surface area contributed by atoms with Crippen molar-refractivity contribution in [1.29, 1.82) is 0 Å². The Labute approximate surface area is 127 Å². The second-order valence-electron chi connectivity index (χ2n) is 4.79. The number of H-pyrrole nitrogens is 1. The van der Waals surface area contributed by atoms with Gasteiger partial charge >= 0.3 is 0 Å². The van der Waals surface area contributed by atoms with Crippen molar-refractivity contribution < 1.29 is 4.79 Å². The van der Waals surface area contributed by atoms with Gasteiger partial charge in [-0.1, -0.05) is 18.2 Å². The third kappa shape index (κ3) is 2.56. The number of hydrogen-bond acceptors (Lipinski definition) is 3. The molecule has 2 heterocycles. The number of aromatic amines is 1. The summed E-state index contributed by atoms with van der Waals surface area (Å²) in [6.45, 7) is 5.36. The summed E-state index contributed by atoms with van der Waals surface area (Å²) >= 11 is 1.49. The van der Waals surface area contributed by atoms with Crippen molar-refractivity contribution in [1.82, 2.24) is 14.9 Å². The van der Waals surface area contributed by atoms with Crippen molar-refractivity contribution in [2.45, 2.75) is 13.8 Å². The van der Waals surface area contributed by atoms with Crippen LogP contribution in [0.3, 0.4) is 0 Å². The number of benzene rings is 1. The number of carbonyl (C=O) groups is 1. The molecule has 1 N–H and O–H groups in total. The highest BCUT2D eigenvalue weighted by molar-refractivity contribution is 7.13. The van der Waals surface area contributed by atoms with Crippen molar-refractivity contribution in [3.63, 3.8) is 0 Å². The summed E-state index contributed by atoms with van der Waals surface area (Å²) in [4.78, 5) is 21.9. The van der Waals surface area contributed by atoms with Crippen LogP contribution in [0.25, 0.3) is 21.6 Å². The zero-order chi connectivity index (χ0) is 14.8. The van der Waals surface area contributed by atoms with E-state index in [0.29, 0.717) is 18.8 Å². The van der Waals surface area contributed by atoms with Crippen LogP contribution in [0.1, 0.15) is 24.3 Å². The third-order valence-electron chi connectivity index (χ3n) is 3.53. The molecular formula is C16H17N3OS. The number of fused-ring (bicyclic) bond motifs is 1. The average molecular weight is 299 g/mol. The number of nitrogens with zero attached hydrogens (tertiary/aromatic N) is 2. The number of thiazole rings is 1. The molecule has 5 heteroatoms. The van der Waals surface area contributed by atoms with E-state index in [1.165, 1.54) is 11.3 Å². The van der Waals surface area contributed by atoms with E-state index in [1.807, 2.05) is 37.4 Å². The molecule has 0 spiro atoms. The molecule has 1 aromatic carbocycles. The molecule has 0 aliphatic heterocycles. The lowest BCUT2D eigenvalue weighted by Gasteiger charge is -2.16. The van der Waals surface area contributed by atoms with E-state index < -0.39 is 0 Å². The minimum Gasteiger partial charge on any atom is -0.353 e. The van der Waals surface area contributed by atoms with Crippen LogP contribution in [-0.4, -0.2) is 33.9 Å². The minimum atomic E-state index is -0.00129. The van der Waals surface area contributed by atoms with Gasteiger partial charge in [0, 0.05) is 29.4 Å². The summed E-state index contributed by atoms with van der Waals surface area (Å²) in [5.41, 5.74) is 2.57. The van der Waals surface area contributed by atoms with Crippen LogP contribution in [0.4, 0.5) is 0 Å². The number of amides is 1. The maximum Gasteiger partial charge on any atom is 0.273 e. The molecule has 0 saturated heterocycles. The molecule has 108 valence electrons. The highest BCUT2D eigenvalue weighted by Gasteiger charge is 2.17. The first-order chi connectivity index (χ1) is 10.2. The average Bonchev–Trinajstić information content (AvgIpc) is 3.14. The van der Waals surface area contributed by atoms with Gasteiger partial charge in [-0.2, -0.15) is 0 Å². The molecule has 0 saturated carbocycles. The molecule has 21 heavy (non-hydrogen) atoms. The van der Waals surface area contributed by atoms with Crippen LogP contribution < -0.4 is 0 Å². The largest absolute Gasteiger partial charge is 0.353 e. The first-order valence-corrected chi connectivity index (χ1v) is 7.93. The van der Waals surface area contributed by atoms with E-state index in [-0.39, 0.29) is 5.91 Å². The van der Waals surface area contributed by atoms with E-state index in [4.69, 9.17) is 0 Å². The van der Waals surface area contributed by atoms with Gasteiger partial charge in [-0.15, -0.1) is 11.3 Å². The van der Waals surface area contributed by atoms with Gasteiger partial charge in [0.1, 0.15) is 10.7 Å². The van der Waals surface area contributed by atoms with Gasteiger partial charge in [0.25, 0.3) is 5.91 Å². The van der Waals surface area contributed by atoms with E-state index >= 15 is 0 Å². The van der Waals surface area contributed by atoms with Crippen molar-refractivity contribution in [2.75, 3.05) is 13.1 Å². The third-order valence-corrected chi connectivity index (χ3v) is 4.41. The summed E-state index contributed by atoms with van der Waals surface area (Å²) in [6, 6.07) is 10.2. The minimum absolute atomic E-state index is 0.00129. The predicted octanol–water partition coefficient (Wildman–Crippen LogP) is 3.77. The summed E-state index contributed by atoms with van der Waals surface area (Å²) in [5.74, 6) is -0.00129. The number of nitrogens with one attached hydrogen (secondary N) is 1. The Morgan fingerprint density at radius 3 is 2.76 bits per heavy atom. The van der Waals surface area contributed by atoms with E-state index in [0.717, 1.165) is 21.6 Å². The molecule has 0 aliphatic rings. The quantitative estimate of drug-likeness (QED) is 0.797. The van der Waals surface area contributed by atoms with Crippen LogP contribution in [0.2, 0.25) is 0 Å². The van der Waals surface area contributed by atoms with Gasteiger partial charge in [0.2, 0.25) is 0 Å². The second kappa shape index (κ2) is 5.69. The molecule has 0 aliphatic carbocycles. The smallest absolute Gasteiger partial charge is 0.273 e. The van der Waals surface area contributed by atoms with Crippen LogP contribution in [0.15, 0.2) is 35.7 Å². The highest BCUT2D eigenvalue weighted by atomic mass is 32.1. The summed E-state index contributed by atoms with van der Waals surface area (Å²) in [6.07, 6.45) is 0. The Morgan fingerprint density at radius 1 is 1.29 bits per heavy atom. The molecule has 1 amide bonds. The maximum absolute atomic E-state index is 12.3. The summed E-state index contributed by atoms with van der Waals surface area (Å²) < 4.78 is 0. The highest BCUT2D eigenvalue weighted by Crippen LogP contribution is 2.27. The number of hydrogen-bond donors (Lipinski definition) is 1. The lowest BCUT2D eigenvalue weighted by atomic mass is 10.2. The van der Waals surface area contributed by atoms with Gasteiger partial charge in [0.15, 0.2) is 0 Å². The Kier molecular flexibility index (Phi) is 3.75. The van der Waals surface area contributed by atoms with Crippen LogP contribution in [0.5, 0.6) is 0 Å². The summed E-state index contributed by atoms with van der Waals surface area (Å²) in [5, 5.41) is 3.84. The molecule has 4 nitrogen and oxygen atoms in total. The number of rotatable bonds is 4. The SMILES string of the molecule is CCN(CC)C(=O)c1csc(-c2cc3ccccc3[nH]2)n1. The topological polar surface area (TPSA) is 49.0 Å². The zero-order valence-corrected chi connectivity index (χ0v) is 12.9. The van der Waals surface area contributed by atoms with Crippen molar-refractivity contribution in [3.05, 3.63) is 41.4 Å². The molecular weight excluding hydrogens is 282 g/mol. The molecule has 0 bridgehead atoms. The fourth-order valence-corrected chi connectivity index (χ4v) is 3.12. The van der Waals surface area contributed by atoms with Gasteiger partial charge in [-0.25, -0.2) is 4.98 Å². The molecule has 0 unspecified atom stereocenters.